The first-order chi connectivity index (χ1) is 14.3. The van der Waals surface area contributed by atoms with Crippen molar-refractivity contribution in [1.82, 2.24) is 20.9 Å². The number of hydrogen-bond acceptors (Lipinski definition) is 5. The molecule has 0 saturated carbocycles. The lowest BCUT2D eigenvalue weighted by Gasteiger charge is -2.28. The predicted octanol–water partition coefficient (Wildman–Crippen LogP) is 2.84. The third kappa shape index (κ3) is 6.18. The van der Waals surface area contributed by atoms with E-state index in [-0.39, 0.29) is 12.0 Å². The molecule has 0 radical (unpaired) electrons. The second-order valence-corrected chi connectivity index (χ2v) is 8.10. The number of hydrogen-bond donors (Lipinski definition) is 3. The van der Waals surface area contributed by atoms with Gasteiger partial charge in [0.2, 0.25) is 5.96 Å². The topological polar surface area (TPSA) is 95.1 Å². The highest BCUT2D eigenvalue weighted by molar-refractivity contribution is 6.02. The Balaban J connectivity index is 1.78. The number of alkyl carbamates (subject to hydrolysis) is 1. The molecule has 1 saturated heterocycles. The molecule has 0 aliphatic carbocycles. The van der Waals surface area contributed by atoms with Crippen LogP contribution in [0.4, 0.5) is 9.59 Å². The minimum atomic E-state index is -0.667. The van der Waals surface area contributed by atoms with E-state index in [0.717, 1.165) is 29.4 Å². The third-order valence-corrected chi connectivity index (χ3v) is 4.54. The van der Waals surface area contributed by atoms with E-state index in [4.69, 9.17) is 4.74 Å². The van der Waals surface area contributed by atoms with Crippen molar-refractivity contribution in [3.05, 3.63) is 48.0 Å². The number of guanidine groups is 1. The Morgan fingerprint density at radius 3 is 2.50 bits per heavy atom. The first-order valence-electron chi connectivity index (χ1n) is 10.1. The van der Waals surface area contributed by atoms with Gasteiger partial charge in [0.1, 0.15) is 5.60 Å². The van der Waals surface area contributed by atoms with Crippen LogP contribution >= 0.6 is 0 Å². The number of carbonyl (C=O) groups excluding carboxylic acids is 2. The fourth-order valence-corrected chi connectivity index (χ4v) is 3.15. The molecule has 2 aromatic carbocycles. The summed E-state index contributed by atoms with van der Waals surface area (Å²) in [6.45, 7) is 8.28. The van der Waals surface area contributed by atoms with Gasteiger partial charge in [-0.25, -0.2) is 14.6 Å². The van der Waals surface area contributed by atoms with Crippen molar-refractivity contribution in [2.24, 2.45) is 4.99 Å². The maximum absolute atomic E-state index is 12.6. The molecule has 160 valence electrons. The normalized spacial score (nSPS) is 15.0. The molecule has 3 rings (SSSR count). The van der Waals surface area contributed by atoms with Gasteiger partial charge >= 0.3 is 12.1 Å². The van der Waals surface area contributed by atoms with Crippen LogP contribution in [0.1, 0.15) is 26.3 Å². The minimum Gasteiger partial charge on any atom is -0.444 e. The molecule has 1 aliphatic heterocycles. The van der Waals surface area contributed by atoms with Crippen LogP contribution in [0.5, 0.6) is 0 Å². The number of benzene rings is 2. The number of nitrogens with zero attached hydrogens (tertiary/aromatic N) is 2. The van der Waals surface area contributed by atoms with Gasteiger partial charge in [-0.05, 0) is 37.1 Å². The number of fused-ring (bicyclic) bond motifs is 1. The maximum Gasteiger partial charge on any atom is 0.414 e. The Labute approximate surface area is 176 Å². The van der Waals surface area contributed by atoms with Gasteiger partial charge in [0.25, 0.3) is 0 Å². The number of rotatable bonds is 2. The molecule has 8 nitrogen and oxygen atoms in total. The molecule has 0 bridgehead atoms. The van der Waals surface area contributed by atoms with E-state index >= 15 is 0 Å². The Bertz CT molecular complexity index is 925. The molecular formula is C22H29N5O3. The van der Waals surface area contributed by atoms with E-state index in [2.05, 4.69) is 20.9 Å². The smallest absolute Gasteiger partial charge is 0.414 e. The summed E-state index contributed by atoms with van der Waals surface area (Å²) in [6.07, 6.45) is -0.667. The van der Waals surface area contributed by atoms with Gasteiger partial charge in [-0.2, -0.15) is 0 Å². The molecule has 1 aliphatic rings. The van der Waals surface area contributed by atoms with Crippen LogP contribution in [0.3, 0.4) is 0 Å². The van der Waals surface area contributed by atoms with Gasteiger partial charge in [-0.3, -0.25) is 10.6 Å². The van der Waals surface area contributed by atoms with E-state index < -0.39 is 11.7 Å². The molecule has 1 heterocycles. The van der Waals surface area contributed by atoms with Crippen LogP contribution in [0.2, 0.25) is 0 Å². The molecular weight excluding hydrogens is 382 g/mol. The summed E-state index contributed by atoms with van der Waals surface area (Å²) in [6, 6.07) is 13.7. The van der Waals surface area contributed by atoms with Gasteiger partial charge in [0.05, 0.1) is 6.54 Å². The van der Waals surface area contributed by atoms with Crippen LogP contribution in [0, 0.1) is 0 Å². The van der Waals surface area contributed by atoms with Crippen molar-refractivity contribution in [3.63, 3.8) is 0 Å². The van der Waals surface area contributed by atoms with Gasteiger partial charge < -0.3 is 15.0 Å². The summed E-state index contributed by atoms with van der Waals surface area (Å²) < 4.78 is 5.31. The van der Waals surface area contributed by atoms with E-state index in [1.54, 1.807) is 25.7 Å². The van der Waals surface area contributed by atoms with E-state index in [0.29, 0.717) is 19.6 Å². The fraction of sp³-hybridized carbons (Fsp3) is 0.409. The second-order valence-electron chi connectivity index (χ2n) is 8.10. The lowest BCUT2D eigenvalue weighted by molar-refractivity contribution is 0.0561. The summed E-state index contributed by atoms with van der Waals surface area (Å²) in [5, 5.41) is 10.7. The Morgan fingerprint density at radius 1 is 1.07 bits per heavy atom. The summed E-state index contributed by atoms with van der Waals surface area (Å²) in [7, 11) is 0. The quantitative estimate of drug-likeness (QED) is 0.523. The third-order valence-electron chi connectivity index (χ3n) is 4.54. The van der Waals surface area contributed by atoms with Gasteiger partial charge in [-0.15, -0.1) is 0 Å². The average Bonchev–Trinajstić information content (AvgIpc) is 2.71. The number of urea groups is 1. The summed E-state index contributed by atoms with van der Waals surface area (Å²) in [5.74, 6) is 0.0701. The predicted molar refractivity (Wildman–Crippen MR) is 117 cm³/mol. The maximum atomic E-state index is 12.6. The molecule has 0 unspecified atom stereocenters. The summed E-state index contributed by atoms with van der Waals surface area (Å²) in [5.41, 5.74) is 0.334. The van der Waals surface area contributed by atoms with Gasteiger partial charge in [-0.1, -0.05) is 42.5 Å². The lowest BCUT2D eigenvalue weighted by atomic mass is 10.1. The zero-order chi connectivity index (χ0) is 21.6. The van der Waals surface area contributed by atoms with Crippen molar-refractivity contribution in [2.75, 3.05) is 26.2 Å². The molecule has 0 spiro atoms. The zero-order valence-electron chi connectivity index (χ0n) is 17.7. The molecule has 30 heavy (non-hydrogen) atoms. The second kappa shape index (κ2) is 9.58. The number of amides is 3. The number of aliphatic imine (C=N–C) groups is 1. The SMILES string of the molecule is CC(C)(C)OC(=O)NC(=NCc1cccc2ccccc12)NC(=O)N1CCNCC1. The molecule has 8 heteroatoms. The number of carbonyl (C=O) groups is 2. The number of ether oxygens (including phenoxy) is 1. The van der Waals surface area contributed by atoms with E-state index in [1.807, 2.05) is 42.5 Å². The van der Waals surface area contributed by atoms with Gasteiger partial charge in [0.15, 0.2) is 0 Å². The van der Waals surface area contributed by atoms with E-state index in [9.17, 15) is 9.59 Å². The van der Waals surface area contributed by atoms with Crippen molar-refractivity contribution >= 4 is 28.9 Å². The Kier molecular flexibility index (Phi) is 6.89. The van der Waals surface area contributed by atoms with Crippen molar-refractivity contribution in [1.29, 1.82) is 0 Å². The number of nitrogens with one attached hydrogen (secondary N) is 3. The molecule has 0 atom stereocenters. The Hall–Kier alpha value is -3.13. The Morgan fingerprint density at radius 2 is 1.77 bits per heavy atom. The van der Waals surface area contributed by atoms with Crippen LogP contribution < -0.4 is 16.0 Å². The van der Waals surface area contributed by atoms with Crippen molar-refractivity contribution in [2.45, 2.75) is 32.9 Å². The molecule has 2 aromatic rings. The minimum absolute atomic E-state index is 0.0701. The standard InChI is InChI=1S/C22H29N5O3/c1-22(2,3)30-21(29)26-19(25-20(28)27-13-11-23-12-14-27)24-15-17-9-6-8-16-7-4-5-10-18(16)17/h4-10,23H,11-15H2,1-3H3,(H2,24,25,26,28,29). The average molecular weight is 412 g/mol. The van der Waals surface area contributed by atoms with Crippen LogP contribution in [0.15, 0.2) is 47.5 Å². The largest absolute Gasteiger partial charge is 0.444 e. The zero-order valence-corrected chi connectivity index (χ0v) is 17.7. The highest BCUT2D eigenvalue weighted by Gasteiger charge is 2.21. The first-order valence-corrected chi connectivity index (χ1v) is 10.1. The summed E-state index contributed by atoms with van der Waals surface area (Å²) >= 11 is 0. The lowest BCUT2D eigenvalue weighted by Crippen LogP contribution is -2.54. The van der Waals surface area contributed by atoms with Gasteiger partial charge in [0, 0.05) is 26.2 Å². The summed E-state index contributed by atoms with van der Waals surface area (Å²) in [4.78, 5) is 31.0. The van der Waals surface area contributed by atoms with Crippen LogP contribution in [-0.4, -0.2) is 54.8 Å². The highest BCUT2D eigenvalue weighted by atomic mass is 16.6. The van der Waals surface area contributed by atoms with E-state index in [1.165, 1.54) is 0 Å². The number of piperazine rings is 1. The first kappa shape index (κ1) is 21.6. The molecule has 3 amide bonds. The van der Waals surface area contributed by atoms with Crippen molar-refractivity contribution in [3.8, 4) is 0 Å². The van der Waals surface area contributed by atoms with Crippen LogP contribution in [-0.2, 0) is 11.3 Å². The fourth-order valence-electron chi connectivity index (χ4n) is 3.15. The monoisotopic (exact) mass is 411 g/mol. The molecule has 1 fully saturated rings. The molecule has 0 aromatic heterocycles. The molecule has 3 N–H and O–H groups in total. The van der Waals surface area contributed by atoms with Crippen molar-refractivity contribution < 1.29 is 14.3 Å². The van der Waals surface area contributed by atoms with Crippen LogP contribution in [0.25, 0.3) is 10.8 Å². The highest BCUT2D eigenvalue weighted by Crippen LogP contribution is 2.19.